The van der Waals surface area contributed by atoms with Gasteiger partial charge < -0.3 is 28.6 Å². The summed E-state index contributed by atoms with van der Waals surface area (Å²) in [7, 11) is -3.39. The van der Waals surface area contributed by atoms with E-state index >= 15 is 0 Å². The first-order valence-electron chi connectivity index (χ1n) is 13.2. The fraction of sp³-hybridized carbons (Fsp3) is 0.750. The van der Waals surface area contributed by atoms with Crippen LogP contribution in [0.25, 0.3) is 11.0 Å². The molecule has 2 aliphatic heterocycles. The van der Waals surface area contributed by atoms with Crippen LogP contribution in [0.1, 0.15) is 65.4 Å². The highest BCUT2D eigenvalue weighted by Gasteiger charge is 2.58. The summed E-state index contributed by atoms with van der Waals surface area (Å²) in [5.41, 5.74) is 0.458. The topological polar surface area (TPSA) is 143 Å². The number of hydrogen-bond donors (Lipinski definition) is 2. The highest BCUT2D eigenvalue weighted by Crippen LogP contribution is 2.52. The Morgan fingerprint density at radius 3 is 2.58 bits per heavy atom. The summed E-state index contributed by atoms with van der Waals surface area (Å²) in [5, 5.41) is 17.9. The van der Waals surface area contributed by atoms with Crippen molar-refractivity contribution in [2.45, 2.75) is 95.0 Å². The number of nitrogens with zero attached hydrogens (tertiary/aromatic N) is 5. The van der Waals surface area contributed by atoms with Crippen molar-refractivity contribution in [1.29, 1.82) is 5.26 Å². The van der Waals surface area contributed by atoms with Crippen LogP contribution in [0.2, 0.25) is 0 Å². The van der Waals surface area contributed by atoms with E-state index in [2.05, 4.69) is 26.5 Å². The smallest absolute Gasteiger partial charge is 0.331 e. The molecule has 0 bridgehead atoms. The van der Waals surface area contributed by atoms with Crippen LogP contribution in [0.5, 0.6) is 0 Å². The number of anilines is 1. The Morgan fingerprint density at radius 2 is 1.92 bits per heavy atom. The number of aromatic nitrogens is 4. The summed E-state index contributed by atoms with van der Waals surface area (Å²) in [6.45, 7) is 7.70. The standard InChI is InChI=1S/C24H35N6O6PS/c1-5-32-37(31,33-6-2)13-16(38)18-19-20(36-24(3,4)35-19)23(34-18)30-22-15(12-26-30)21(28-17(11-25)29-22)27-14-9-7-8-10-14/h12,14,16,18-20,23,38H,5-10,13H2,1-4H3,(H,27,28,29)/t16?,18-,19-,20-,23-/m1/s1. The molecule has 1 aliphatic carbocycles. The van der Waals surface area contributed by atoms with Crippen LogP contribution >= 0.6 is 20.2 Å². The SMILES string of the molecule is CCOP(=O)(CC(S)[C@H]1O[C@@H](n2ncc3c(NC4CCCC4)nc(C#N)nc32)[C@@H]2OC(C)(C)O[C@@H]21)OCC. The molecule has 1 unspecified atom stereocenters. The quantitative estimate of drug-likeness (QED) is 0.318. The number of fused-ring (bicyclic) bond motifs is 2. The van der Waals surface area contributed by atoms with E-state index in [1.54, 1.807) is 24.7 Å². The van der Waals surface area contributed by atoms with Gasteiger partial charge in [0.2, 0.25) is 5.82 Å². The summed E-state index contributed by atoms with van der Waals surface area (Å²) in [5.74, 6) is -0.255. The molecular formula is C24H35N6O6PS. The van der Waals surface area contributed by atoms with Crippen molar-refractivity contribution >= 4 is 37.1 Å². The summed E-state index contributed by atoms with van der Waals surface area (Å²) in [6, 6.07) is 2.35. The van der Waals surface area contributed by atoms with Crippen LogP contribution in [0.4, 0.5) is 5.82 Å². The molecule has 1 N–H and O–H groups in total. The van der Waals surface area contributed by atoms with E-state index in [1.807, 2.05) is 13.8 Å². The molecule has 14 heteroatoms. The van der Waals surface area contributed by atoms with Gasteiger partial charge in [-0.15, -0.1) is 0 Å². The molecule has 208 valence electrons. The first-order valence-corrected chi connectivity index (χ1v) is 15.4. The largest absolute Gasteiger partial charge is 0.367 e. The third-order valence-electron chi connectivity index (χ3n) is 7.00. The Balaban J connectivity index is 1.47. The zero-order valence-electron chi connectivity index (χ0n) is 22.1. The zero-order valence-corrected chi connectivity index (χ0v) is 23.9. The summed E-state index contributed by atoms with van der Waals surface area (Å²) < 4.78 is 44.8. The van der Waals surface area contributed by atoms with Crippen LogP contribution in [0.3, 0.4) is 0 Å². The molecule has 0 aromatic carbocycles. The second-order valence-corrected chi connectivity index (χ2v) is 13.0. The van der Waals surface area contributed by atoms with Crippen molar-refractivity contribution in [1.82, 2.24) is 19.7 Å². The number of nitrogens with one attached hydrogen (secondary N) is 1. The second kappa shape index (κ2) is 11.0. The fourth-order valence-electron chi connectivity index (χ4n) is 5.52. The molecule has 2 aromatic heterocycles. The minimum absolute atomic E-state index is 0.0382. The van der Waals surface area contributed by atoms with Gasteiger partial charge in [0.1, 0.15) is 30.2 Å². The third-order valence-corrected chi connectivity index (χ3v) is 9.91. The Bertz CT molecular complexity index is 1240. The molecule has 5 rings (SSSR count). The van der Waals surface area contributed by atoms with Crippen LogP contribution in [-0.4, -0.2) is 74.5 Å². The van der Waals surface area contributed by atoms with Crippen molar-refractivity contribution < 1.29 is 27.8 Å². The van der Waals surface area contributed by atoms with Crippen molar-refractivity contribution in [3.8, 4) is 6.07 Å². The number of thiol groups is 1. The maximum Gasteiger partial charge on any atom is 0.331 e. The lowest BCUT2D eigenvalue weighted by Gasteiger charge is -2.28. The molecule has 2 aromatic rings. The molecule has 38 heavy (non-hydrogen) atoms. The van der Waals surface area contributed by atoms with Crippen LogP contribution in [0, 0.1) is 11.3 Å². The zero-order chi connectivity index (χ0) is 27.1. The molecule has 0 spiro atoms. The lowest BCUT2D eigenvalue weighted by molar-refractivity contribution is -0.197. The highest BCUT2D eigenvalue weighted by molar-refractivity contribution is 7.81. The first kappa shape index (κ1) is 27.8. The van der Waals surface area contributed by atoms with Crippen molar-refractivity contribution in [2.75, 3.05) is 24.7 Å². The maximum absolute atomic E-state index is 13.2. The fourth-order valence-corrected chi connectivity index (χ4v) is 8.10. The number of rotatable bonds is 10. The van der Waals surface area contributed by atoms with E-state index < -0.39 is 43.2 Å². The Kier molecular flexibility index (Phi) is 8.04. The van der Waals surface area contributed by atoms with Crippen LogP contribution in [-0.2, 0) is 27.8 Å². The predicted octanol–water partition coefficient (Wildman–Crippen LogP) is 4.03. The molecule has 3 aliphatic rings. The molecule has 1 saturated carbocycles. The average Bonchev–Trinajstić information content (AvgIpc) is 3.63. The van der Waals surface area contributed by atoms with E-state index in [0.717, 1.165) is 25.7 Å². The van der Waals surface area contributed by atoms with E-state index in [-0.39, 0.29) is 25.2 Å². The minimum atomic E-state index is -3.39. The molecule has 5 atom stereocenters. The Labute approximate surface area is 227 Å². The number of hydrogen-bond acceptors (Lipinski definition) is 12. The van der Waals surface area contributed by atoms with Gasteiger partial charge in [-0.25, -0.2) is 9.67 Å². The van der Waals surface area contributed by atoms with Gasteiger partial charge in [0, 0.05) is 11.3 Å². The molecular weight excluding hydrogens is 531 g/mol. The van der Waals surface area contributed by atoms with Gasteiger partial charge in [-0.1, -0.05) is 12.8 Å². The first-order chi connectivity index (χ1) is 18.2. The lowest BCUT2D eigenvalue weighted by atomic mass is 10.1. The normalized spacial score (nSPS) is 28.0. The number of nitriles is 1. The second-order valence-electron chi connectivity index (χ2n) is 10.2. The minimum Gasteiger partial charge on any atom is -0.367 e. The van der Waals surface area contributed by atoms with Crippen molar-refractivity contribution in [3.63, 3.8) is 0 Å². The van der Waals surface area contributed by atoms with Gasteiger partial charge in [0.15, 0.2) is 17.7 Å². The Hall–Kier alpha value is -1.78. The average molecular weight is 567 g/mol. The number of ether oxygens (including phenoxy) is 3. The third kappa shape index (κ3) is 5.45. The van der Waals surface area contributed by atoms with E-state index in [4.69, 9.17) is 35.9 Å². The molecule has 2 saturated heterocycles. The van der Waals surface area contributed by atoms with Gasteiger partial charge in [-0.05, 0) is 40.5 Å². The molecule has 4 heterocycles. The van der Waals surface area contributed by atoms with Crippen LogP contribution < -0.4 is 5.32 Å². The van der Waals surface area contributed by atoms with Gasteiger partial charge in [-0.2, -0.15) is 28.0 Å². The molecule has 0 radical (unpaired) electrons. The summed E-state index contributed by atoms with van der Waals surface area (Å²) in [4.78, 5) is 8.90. The summed E-state index contributed by atoms with van der Waals surface area (Å²) in [6.07, 6.45) is 3.76. The van der Waals surface area contributed by atoms with Crippen molar-refractivity contribution in [2.24, 2.45) is 0 Å². The Morgan fingerprint density at radius 1 is 1.24 bits per heavy atom. The molecule has 12 nitrogen and oxygen atoms in total. The monoisotopic (exact) mass is 566 g/mol. The van der Waals surface area contributed by atoms with Crippen LogP contribution in [0.15, 0.2) is 6.20 Å². The predicted molar refractivity (Wildman–Crippen MR) is 142 cm³/mol. The lowest BCUT2D eigenvalue weighted by Crippen LogP contribution is -2.38. The maximum atomic E-state index is 13.2. The molecule has 3 fully saturated rings. The van der Waals surface area contributed by atoms with Gasteiger partial charge >= 0.3 is 7.60 Å². The van der Waals surface area contributed by atoms with Crippen molar-refractivity contribution in [3.05, 3.63) is 12.0 Å². The van der Waals surface area contributed by atoms with E-state index in [9.17, 15) is 9.83 Å². The van der Waals surface area contributed by atoms with Gasteiger partial charge in [0.25, 0.3) is 0 Å². The van der Waals surface area contributed by atoms with E-state index in [0.29, 0.717) is 22.9 Å². The van der Waals surface area contributed by atoms with Gasteiger partial charge in [0.05, 0.1) is 31.0 Å². The van der Waals surface area contributed by atoms with Gasteiger partial charge in [-0.3, -0.25) is 4.57 Å². The van der Waals surface area contributed by atoms with E-state index in [1.165, 1.54) is 0 Å². The highest BCUT2D eigenvalue weighted by atomic mass is 32.1. The summed E-state index contributed by atoms with van der Waals surface area (Å²) >= 11 is 4.77. The molecule has 0 amide bonds.